The fourth-order valence-electron chi connectivity index (χ4n) is 4.90. The first-order chi connectivity index (χ1) is 15.9. The molecule has 2 heterocycles. The molecule has 2 aromatic rings. The van der Waals surface area contributed by atoms with Crippen LogP contribution in [0.3, 0.4) is 0 Å². The van der Waals surface area contributed by atoms with Crippen LogP contribution in [0.15, 0.2) is 48.2 Å². The molecule has 2 aromatic carbocycles. The Labute approximate surface area is 201 Å². The molecule has 0 spiro atoms. The van der Waals surface area contributed by atoms with Gasteiger partial charge in [0, 0.05) is 48.6 Å². The fourth-order valence-corrected chi connectivity index (χ4v) is 4.90. The van der Waals surface area contributed by atoms with Gasteiger partial charge >= 0.3 is 6.09 Å². The molecule has 0 bridgehead atoms. The molecular formula is C28H32N2O4. The lowest BCUT2D eigenvalue weighted by molar-refractivity contribution is 0.0290. The van der Waals surface area contributed by atoms with Gasteiger partial charge in [-0.05, 0) is 88.6 Å². The quantitative estimate of drug-likeness (QED) is 0.495. The van der Waals surface area contributed by atoms with Crippen LogP contribution in [0.25, 0.3) is 11.1 Å². The molecule has 178 valence electrons. The average Bonchev–Trinajstić information content (AvgIpc) is 3.36. The van der Waals surface area contributed by atoms with Crippen molar-refractivity contribution in [2.24, 2.45) is 5.92 Å². The van der Waals surface area contributed by atoms with E-state index in [1.165, 1.54) is 5.57 Å². The van der Waals surface area contributed by atoms with E-state index in [0.29, 0.717) is 24.4 Å². The lowest BCUT2D eigenvalue weighted by Crippen LogP contribution is -2.36. The van der Waals surface area contributed by atoms with Crippen LogP contribution in [0.4, 0.5) is 10.5 Å². The van der Waals surface area contributed by atoms with E-state index in [4.69, 9.17) is 9.47 Å². The molecular weight excluding hydrogens is 428 g/mol. The molecule has 5 rings (SSSR count). The zero-order valence-electron chi connectivity index (χ0n) is 20.8. The maximum atomic E-state index is 13.3. The molecule has 0 radical (unpaired) electrons. The van der Waals surface area contributed by atoms with Crippen LogP contribution in [-0.4, -0.2) is 47.6 Å². The normalized spacial score (nSPS) is 19.1. The summed E-state index contributed by atoms with van der Waals surface area (Å²) in [6, 6.07) is 11.9. The van der Waals surface area contributed by atoms with Crippen molar-refractivity contribution in [2.75, 3.05) is 24.5 Å². The van der Waals surface area contributed by atoms with Gasteiger partial charge < -0.3 is 19.3 Å². The van der Waals surface area contributed by atoms with Crippen LogP contribution >= 0.6 is 0 Å². The molecule has 0 aromatic heterocycles. The molecule has 1 unspecified atom stereocenters. The molecule has 34 heavy (non-hydrogen) atoms. The summed E-state index contributed by atoms with van der Waals surface area (Å²) in [5, 5.41) is 0. The predicted molar refractivity (Wildman–Crippen MR) is 132 cm³/mol. The highest BCUT2D eigenvalue weighted by Crippen LogP contribution is 2.41. The largest absolute Gasteiger partial charge is 0.488 e. The number of ether oxygens (including phenoxy) is 2. The van der Waals surface area contributed by atoms with Gasteiger partial charge in [0.25, 0.3) is 0 Å². The summed E-state index contributed by atoms with van der Waals surface area (Å²) in [6.07, 6.45) is 1.86. The number of hydrogen-bond acceptors (Lipinski definition) is 5. The maximum Gasteiger partial charge on any atom is 0.410 e. The van der Waals surface area contributed by atoms with Gasteiger partial charge in [-0.1, -0.05) is 6.07 Å². The Morgan fingerprint density at radius 2 is 1.56 bits per heavy atom. The number of nitrogens with zero attached hydrogens (tertiary/aromatic N) is 2. The van der Waals surface area contributed by atoms with Crippen LogP contribution in [0, 0.1) is 5.92 Å². The van der Waals surface area contributed by atoms with Gasteiger partial charge in [0.1, 0.15) is 17.0 Å². The molecule has 1 saturated heterocycles. The molecule has 6 heteroatoms. The summed E-state index contributed by atoms with van der Waals surface area (Å²) >= 11 is 0. The highest BCUT2D eigenvalue weighted by Gasteiger charge is 2.38. The van der Waals surface area contributed by atoms with E-state index >= 15 is 0 Å². The summed E-state index contributed by atoms with van der Waals surface area (Å²) in [7, 11) is 0. The minimum Gasteiger partial charge on any atom is -0.488 e. The second-order valence-electron chi connectivity index (χ2n) is 11.4. The van der Waals surface area contributed by atoms with E-state index in [-0.39, 0.29) is 23.4 Å². The second kappa shape index (κ2) is 7.62. The standard InChI is InChI=1S/C28H32N2O4/c1-27(2,3)33-20-8-10-22-21-9-7-19(11-23(21)25(31)24(22)12-20)29-13-17-15-30(16-18(17)14-29)26(32)34-28(4,5)6/h7-13,18H,14-16H2,1-6H3. The molecule has 6 nitrogen and oxygen atoms in total. The second-order valence-corrected chi connectivity index (χ2v) is 11.4. The lowest BCUT2D eigenvalue weighted by Gasteiger charge is -2.25. The van der Waals surface area contributed by atoms with E-state index in [1.807, 2.05) is 71.9 Å². The third kappa shape index (κ3) is 4.17. The van der Waals surface area contributed by atoms with Gasteiger partial charge in [-0.3, -0.25) is 4.79 Å². The van der Waals surface area contributed by atoms with Crippen LogP contribution in [0.2, 0.25) is 0 Å². The number of amides is 1. The molecule has 2 aliphatic heterocycles. The number of anilines is 1. The molecule has 1 atom stereocenters. The van der Waals surface area contributed by atoms with E-state index in [2.05, 4.69) is 17.2 Å². The third-order valence-corrected chi connectivity index (χ3v) is 6.26. The number of benzene rings is 2. The summed E-state index contributed by atoms with van der Waals surface area (Å²) in [5.74, 6) is 1.03. The summed E-state index contributed by atoms with van der Waals surface area (Å²) in [5.41, 5.74) is 4.75. The average molecular weight is 461 g/mol. The smallest absolute Gasteiger partial charge is 0.410 e. The molecule has 0 N–H and O–H groups in total. The van der Waals surface area contributed by atoms with Gasteiger partial charge in [-0.25, -0.2) is 4.79 Å². The Balaban J connectivity index is 1.34. The first-order valence-corrected chi connectivity index (χ1v) is 11.9. The Bertz CT molecular complexity index is 1220. The molecule has 3 aliphatic rings. The van der Waals surface area contributed by atoms with Crippen molar-refractivity contribution in [3.8, 4) is 16.9 Å². The number of carbonyl (C=O) groups excluding carboxylic acids is 2. The number of carbonyl (C=O) groups is 2. The summed E-state index contributed by atoms with van der Waals surface area (Å²) in [4.78, 5) is 29.7. The Morgan fingerprint density at radius 1 is 0.882 bits per heavy atom. The van der Waals surface area contributed by atoms with Gasteiger partial charge in [-0.2, -0.15) is 0 Å². The highest BCUT2D eigenvalue weighted by atomic mass is 16.6. The molecule has 1 amide bonds. The Kier molecular flexibility index (Phi) is 5.04. The van der Waals surface area contributed by atoms with Gasteiger partial charge in [0.2, 0.25) is 0 Å². The molecule has 1 aliphatic carbocycles. The van der Waals surface area contributed by atoms with Crippen molar-refractivity contribution < 1.29 is 19.1 Å². The van der Waals surface area contributed by atoms with Crippen molar-refractivity contribution in [2.45, 2.75) is 52.7 Å². The van der Waals surface area contributed by atoms with Crippen LogP contribution in [0.5, 0.6) is 5.75 Å². The van der Waals surface area contributed by atoms with Crippen LogP contribution in [0.1, 0.15) is 57.5 Å². The summed E-state index contributed by atoms with van der Waals surface area (Å²) in [6.45, 7) is 13.7. The Hall–Kier alpha value is -3.28. The van der Waals surface area contributed by atoms with Gasteiger partial charge in [0.05, 0.1) is 0 Å². The third-order valence-electron chi connectivity index (χ3n) is 6.26. The first-order valence-electron chi connectivity index (χ1n) is 11.9. The minimum absolute atomic E-state index is 0.0364. The van der Waals surface area contributed by atoms with Crippen molar-refractivity contribution in [1.29, 1.82) is 0 Å². The number of hydrogen-bond donors (Lipinski definition) is 0. The van der Waals surface area contributed by atoms with E-state index in [1.54, 1.807) is 4.90 Å². The van der Waals surface area contributed by atoms with Crippen molar-refractivity contribution >= 4 is 17.6 Å². The monoisotopic (exact) mass is 460 g/mol. The lowest BCUT2D eigenvalue weighted by atomic mass is 10.0. The topological polar surface area (TPSA) is 59.1 Å². The Morgan fingerprint density at radius 3 is 2.21 bits per heavy atom. The fraction of sp³-hybridized carbons (Fsp3) is 0.429. The minimum atomic E-state index is -0.497. The number of rotatable bonds is 2. The number of ketones is 1. The van der Waals surface area contributed by atoms with Gasteiger partial charge in [0.15, 0.2) is 5.78 Å². The van der Waals surface area contributed by atoms with Gasteiger partial charge in [-0.15, -0.1) is 0 Å². The van der Waals surface area contributed by atoms with E-state index < -0.39 is 5.60 Å². The maximum absolute atomic E-state index is 13.3. The van der Waals surface area contributed by atoms with Crippen molar-refractivity contribution in [1.82, 2.24) is 4.90 Å². The first kappa shape index (κ1) is 22.5. The summed E-state index contributed by atoms with van der Waals surface area (Å²) < 4.78 is 11.5. The van der Waals surface area contributed by atoms with Crippen LogP contribution < -0.4 is 9.64 Å². The predicted octanol–water partition coefficient (Wildman–Crippen LogP) is 5.65. The highest BCUT2D eigenvalue weighted by molar-refractivity contribution is 6.22. The molecule has 1 fully saturated rings. The van der Waals surface area contributed by atoms with E-state index in [0.717, 1.165) is 28.9 Å². The van der Waals surface area contributed by atoms with Crippen molar-refractivity contribution in [3.63, 3.8) is 0 Å². The SMILES string of the molecule is CC(C)(C)OC(=O)N1CC2=CN(c3ccc4c(c3)C(=O)c3cc(OC(C)(C)C)ccc3-4)CC2C1. The van der Waals surface area contributed by atoms with E-state index in [9.17, 15) is 9.59 Å². The zero-order chi connectivity index (χ0) is 24.4. The van der Waals surface area contributed by atoms with Crippen molar-refractivity contribution in [3.05, 3.63) is 59.3 Å². The zero-order valence-corrected chi connectivity index (χ0v) is 20.8. The molecule has 0 saturated carbocycles. The number of fused-ring (bicyclic) bond motifs is 4. The van der Waals surface area contributed by atoms with Crippen LogP contribution in [-0.2, 0) is 4.74 Å². The number of likely N-dealkylation sites (tertiary alicyclic amines) is 1.